The van der Waals surface area contributed by atoms with Crippen molar-refractivity contribution < 1.29 is 9.63 Å². The molecule has 1 atom stereocenters. The van der Waals surface area contributed by atoms with E-state index in [-0.39, 0.29) is 11.9 Å². The average Bonchev–Trinajstić information content (AvgIpc) is 3.64. The molecule has 1 aromatic heterocycles. The molecule has 0 spiro atoms. The van der Waals surface area contributed by atoms with Crippen LogP contribution in [0.3, 0.4) is 0 Å². The van der Waals surface area contributed by atoms with Crippen LogP contribution in [0.4, 0.5) is 5.69 Å². The number of amidine groups is 1. The highest BCUT2D eigenvalue weighted by atomic mass is 35.5. The first-order valence-corrected chi connectivity index (χ1v) is 13.5. The van der Waals surface area contributed by atoms with Crippen molar-refractivity contribution in [2.45, 2.75) is 57.5 Å². The van der Waals surface area contributed by atoms with Crippen LogP contribution in [-0.4, -0.2) is 54.5 Å². The minimum absolute atomic E-state index is 0.0906. The quantitative estimate of drug-likeness (QED) is 0.290. The summed E-state index contributed by atoms with van der Waals surface area (Å²) in [5, 5.41) is 13.2. The molecule has 8 heteroatoms. The van der Waals surface area contributed by atoms with Gasteiger partial charge in [-0.2, -0.15) is 0 Å². The fourth-order valence-corrected chi connectivity index (χ4v) is 6.07. The predicted molar refractivity (Wildman–Crippen MR) is 139 cm³/mol. The molecule has 2 saturated heterocycles. The lowest BCUT2D eigenvalue weighted by Gasteiger charge is -2.30. The van der Waals surface area contributed by atoms with Crippen LogP contribution in [0.2, 0.25) is 4.34 Å². The number of likely N-dealkylation sites (tertiary alicyclic amines) is 1. The summed E-state index contributed by atoms with van der Waals surface area (Å²) in [5.41, 5.74) is 4.17. The van der Waals surface area contributed by atoms with E-state index in [1.807, 2.05) is 0 Å². The van der Waals surface area contributed by atoms with Gasteiger partial charge in [-0.1, -0.05) is 28.9 Å². The first-order chi connectivity index (χ1) is 16.6. The molecule has 0 saturated carbocycles. The third kappa shape index (κ3) is 5.15. The summed E-state index contributed by atoms with van der Waals surface area (Å²) in [6, 6.07) is 9.91. The van der Waals surface area contributed by atoms with Crippen molar-refractivity contribution in [2.75, 3.05) is 31.1 Å². The number of halogens is 1. The molecule has 4 heterocycles. The third-order valence-corrected chi connectivity index (χ3v) is 8.25. The highest BCUT2D eigenvalue weighted by Gasteiger charge is 2.28. The Labute approximate surface area is 210 Å². The number of ketones is 1. The molecule has 1 N–H and O–H groups in total. The van der Waals surface area contributed by atoms with E-state index >= 15 is 0 Å². The van der Waals surface area contributed by atoms with Gasteiger partial charge in [0.2, 0.25) is 0 Å². The maximum atomic E-state index is 12.5. The Kier molecular flexibility index (Phi) is 7.21. The molecule has 2 aromatic rings. The summed E-state index contributed by atoms with van der Waals surface area (Å²) in [7, 11) is 0. The zero-order chi connectivity index (χ0) is 23.5. The van der Waals surface area contributed by atoms with Gasteiger partial charge in [0.15, 0.2) is 5.78 Å². The highest BCUT2D eigenvalue weighted by Crippen LogP contribution is 2.32. The van der Waals surface area contributed by atoms with Crippen molar-refractivity contribution in [2.24, 2.45) is 5.16 Å². The Morgan fingerprint density at radius 3 is 2.59 bits per heavy atom. The van der Waals surface area contributed by atoms with Crippen LogP contribution in [0.5, 0.6) is 0 Å². The lowest BCUT2D eigenvalue weighted by molar-refractivity contribution is 0.0720. The largest absolute Gasteiger partial charge is 0.392 e. The van der Waals surface area contributed by atoms with Gasteiger partial charge >= 0.3 is 0 Å². The van der Waals surface area contributed by atoms with Crippen molar-refractivity contribution in [1.82, 2.24) is 4.90 Å². The normalized spacial score (nSPS) is 20.4. The number of hydrogen-bond acceptors (Lipinski definition) is 6. The number of nitrogens with one attached hydrogen (secondary N) is 1. The molecule has 0 aliphatic carbocycles. The van der Waals surface area contributed by atoms with Gasteiger partial charge in [0.25, 0.3) is 0 Å². The Bertz CT molecular complexity index is 1090. The molecule has 0 radical (unpaired) electrons. The van der Waals surface area contributed by atoms with Crippen LogP contribution in [0.1, 0.15) is 72.2 Å². The molecule has 0 bridgehead atoms. The molecular weight excluding hydrogens is 468 g/mol. The first kappa shape index (κ1) is 23.4. The van der Waals surface area contributed by atoms with Gasteiger partial charge in [-0.15, -0.1) is 11.3 Å². The van der Waals surface area contributed by atoms with Crippen molar-refractivity contribution in [3.05, 3.63) is 50.7 Å². The second kappa shape index (κ2) is 10.5. The van der Waals surface area contributed by atoms with Crippen LogP contribution in [0.25, 0.3) is 0 Å². The molecule has 3 aliphatic heterocycles. The number of benzene rings is 1. The fourth-order valence-electron chi connectivity index (χ4n) is 5.06. The Balaban J connectivity index is 1.28. The van der Waals surface area contributed by atoms with Gasteiger partial charge in [-0.05, 0) is 56.7 Å². The number of carbonyl (C=O) groups excluding carboxylic acids is 1. The highest BCUT2D eigenvalue weighted by molar-refractivity contribution is 7.18. The zero-order valence-electron chi connectivity index (χ0n) is 19.4. The van der Waals surface area contributed by atoms with Crippen molar-refractivity contribution in [3.8, 4) is 0 Å². The Hall–Kier alpha value is -2.38. The average molecular weight is 499 g/mol. The molecule has 5 rings (SSSR count). The number of carbonyl (C=O) groups is 1. The Morgan fingerprint density at radius 2 is 1.85 bits per heavy atom. The summed E-state index contributed by atoms with van der Waals surface area (Å²) >= 11 is 7.29. The minimum atomic E-state index is -0.0906. The SMILES string of the molecule is N=C(c1ccc(C2=NOC(CCC(=O)c3ccc(Cl)s3)C2)c(N2CCCC2)c1)N1CCCCC1. The van der Waals surface area contributed by atoms with Crippen molar-refractivity contribution in [3.63, 3.8) is 0 Å². The van der Waals surface area contributed by atoms with Crippen LogP contribution in [0.15, 0.2) is 35.5 Å². The number of thiophene rings is 1. The van der Waals surface area contributed by atoms with E-state index in [0.29, 0.717) is 34.3 Å². The monoisotopic (exact) mass is 498 g/mol. The number of anilines is 1. The number of oxime groups is 1. The van der Waals surface area contributed by atoms with Crippen LogP contribution in [-0.2, 0) is 4.84 Å². The lowest BCUT2D eigenvalue weighted by atomic mass is 9.97. The van der Waals surface area contributed by atoms with Gasteiger partial charge in [0.05, 0.1) is 14.9 Å². The third-order valence-electron chi connectivity index (χ3n) is 6.98. The molecule has 1 unspecified atom stereocenters. The van der Waals surface area contributed by atoms with Gasteiger partial charge in [0, 0.05) is 55.8 Å². The summed E-state index contributed by atoms with van der Waals surface area (Å²) in [6.45, 7) is 4.00. The summed E-state index contributed by atoms with van der Waals surface area (Å²) in [6.07, 6.45) is 7.63. The summed E-state index contributed by atoms with van der Waals surface area (Å²) < 4.78 is 0.636. The van der Waals surface area contributed by atoms with Gasteiger partial charge < -0.3 is 14.6 Å². The van der Waals surface area contributed by atoms with E-state index in [4.69, 9.17) is 21.8 Å². The first-order valence-electron chi connectivity index (χ1n) is 12.3. The molecule has 1 aromatic carbocycles. The van der Waals surface area contributed by atoms with Gasteiger partial charge in [0.1, 0.15) is 11.9 Å². The van der Waals surface area contributed by atoms with E-state index in [9.17, 15) is 4.79 Å². The van der Waals surface area contributed by atoms with E-state index in [0.717, 1.165) is 61.5 Å². The molecule has 6 nitrogen and oxygen atoms in total. The molecule has 3 aliphatic rings. The van der Waals surface area contributed by atoms with E-state index < -0.39 is 0 Å². The summed E-state index contributed by atoms with van der Waals surface area (Å²) in [5.74, 6) is 0.730. The lowest BCUT2D eigenvalue weighted by Crippen LogP contribution is -2.35. The number of hydrogen-bond donors (Lipinski definition) is 1. The minimum Gasteiger partial charge on any atom is -0.392 e. The molecular formula is C26H31ClN4O2S. The van der Waals surface area contributed by atoms with Crippen molar-refractivity contribution in [1.29, 1.82) is 5.41 Å². The molecule has 34 heavy (non-hydrogen) atoms. The fraction of sp³-hybridized carbons (Fsp3) is 0.500. The van der Waals surface area contributed by atoms with E-state index in [1.165, 1.54) is 30.6 Å². The number of Topliss-reactive ketones (excluding diaryl/α,β-unsaturated/α-hetero) is 1. The van der Waals surface area contributed by atoms with Crippen molar-refractivity contribution >= 4 is 46.0 Å². The predicted octanol–water partition coefficient (Wildman–Crippen LogP) is 5.97. The topological polar surface area (TPSA) is 69.0 Å². The molecule has 180 valence electrons. The van der Waals surface area contributed by atoms with Crippen LogP contribution in [0, 0.1) is 5.41 Å². The van der Waals surface area contributed by atoms with Gasteiger partial charge in [-0.25, -0.2) is 0 Å². The molecule has 0 amide bonds. The van der Waals surface area contributed by atoms with Gasteiger partial charge in [-0.3, -0.25) is 10.2 Å². The van der Waals surface area contributed by atoms with E-state index in [2.05, 4.69) is 33.2 Å². The maximum Gasteiger partial charge on any atom is 0.172 e. The zero-order valence-corrected chi connectivity index (χ0v) is 21.0. The smallest absolute Gasteiger partial charge is 0.172 e. The maximum absolute atomic E-state index is 12.5. The number of nitrogens with zero attached hydrogens (tertiary/aromatic N) is 3. The van der Waals surface area contributed by atoms with Crippen LogP contribution >= 0.6 is 22.9 Å². The Morgan fingerprint density at radius 1 is 1.09 bits per heavy atom. The number of rotatable bonds is 7. The number of piperidine rings is 1. The van der Waals surface area contributed by atoms with Crippen LogP contribution < -0.4 is 4.90 Å². The second-order valence-electron chi connectivity index (χ2n) is 9.36. The standard InChI is InChI=1S/C26H31ClN4O2S/c27-25-11-10-24(34-25)23(32)9-7-19-17-21(29-33-19)20-8-6-18(16-22(20)30-12-4-5-13-30)26(28)31-14-2-1-3-15-31/h6,8,10-11,16,19,28H,1-5,7,9,12-15,17H2. The molecule has 2 fully saturated rings. The van der Waals surface area contributed by atoms with E-state index in [1.54, 1.807) is 12.1 Å². The second-order valence-corrected chi connectivity index (χ2v) is 11.1. The summed E-state index contributed by atoms with van der Waals surface area (Å²) in [4.78, 5) is 23.5.